The fraction of sp³-hybridized carbons (Fsp3) is 0.320. The Morgan fingerprint density at radius 1 is 1.14 bits per heavy atom. The van der Waals surface area contributed by atoms with E-state index in [2.05, 4.69) is 10.3 Å². The van der Waals surface area contributed by atoms with Gasteiger partial charge in [0.15, 0.2) is 28.2 Å². The Bertz CT molecular complexity index is 1210. The summed E-state index contributed by atoms with van der Waals surface area (Å²) >= 11 is 1.34. The summed E-state index contributed by atoms with van der Waals surface area (Å²) in [5, 5.41) is 3.26. The second-order valence-corrected chi connectivity index (χ2v) is 9.18. The van der Waals surface area contributed by atoms with Crippen LogP contribution in [-0.2, 0) is 14.3 Å². The number of carbonyl (C=O) groups excluding carboxylic acids is 2. The molecule has 1 atom stereocenters. The molecule has 4 rings (SSSR count). The SMILES string of the molecule is COCC(C)(C)OC(=O)c1c(NC(=O)C2COc3ccccc3O2)nc(SC)n1-c1ccccc1. The zero-order chi connectivity index (χ0) is 25.0. The lowest BCUT2D eigenvalue weighted by Crippen LogP contribution is -2.40. The maximum atomic E-state index is 13.4. The summed E-state index contributed by atoms with van der Waals surface area (Å²) in [6.45, 7) is 3.71. The van der Waals surface area contributed by atoms with Crippen molar-refractivity contribution in [1.29, 1.82) is 0 Å². The molecule has 2 heterocycles. The van der Waals surface area contributed by atoms with Gasteiger partial charge in [-0.25, -0.2) is 9.78 Å². The number of rotatable bonds is 8. The van der Waals surface area contributed by atoms with Crippen LogP contribution < -0.4 is 14.8 Å². The number of thioether (sulfide) groups is 1. The Morgan fingerprint density at radius 3 is 2.51 bits per heavy atom. The number of methoxy groups -OCH3 is 1. The zero-order valence-corrected chi connectivity index (χ0v) is 20.8. The predicted octanol–water partition coefficient (Wildman–Crippen LogP) is 3.95. The van der Waals surface area contributed by atoms with Gasteiger partial charge in [-0.1, -0.05) is 42.1 Å². The van der Waals surface area contributed by atoms with Crippen LogP contribution in [0, 0.1) is 0 Å². The molecule has 1 aliphatic rings. The van der Waals surface area contributed by atoms with Gasteiger partial charge in [-0.15, -0.1) is 0 Å². The molecule has 1 aliphatic heterocycles. The van der Waals surface area contributed by atoms with Crippen LogP contribution in [0.2, 0.25) is 0 Å². The van der Waals surface area contributed by atoms with Crippen molar-refractivity contribution in [3.05, 3.63) is 60.3 Å². The van der Waals surface area contributed by atoms with Gasteiger partial charge in [0.1, 0.15) is 12.2 Å². The Hall–Kier alpha value is -3.50. The highest BCUT2D eigenvalue weighted by Crippen LogP contribution is 2.33. The number of imidazole rings is 1. The van der Waals surface area contributed by atoms with Crippen molar-refractivity contribution in [3.8, 4) is 17.2 Å². The summed E-state index contributed by atoms with van der Waals surface area (Å²) in [6, 6.07) is 16.4. The number of para-hydroxylation sites is 3. The van der Waals surface area contributed by atoms with Gasteiger partial charge in [0.05, 0.1) is 6.61 Å². The van der Waals surface area contributed by atoms with Crippen LogP contribution in [0.3, 0.4) is 0 Å². The van der Waals surface area contributed by atoms with Gasteiger partial charge in [-0.2, -0.15) is 0 Å². The second kappa shape index (κ2) is 10.4. The standard InChI is InChI=1S/C25H27N3O6S/c1-25(2,15-31-3)34-23(30)20-21(27-24(35-4)28(20)16-10-6-5-7-11-16)26-22(29)19-14-32-17-12-8-9-13-18(17)33-19/h5-13,19H,14-15H2,1-4H3,(H,26,29). The van der Waals surface area contributed by atoms with E-state index in [1.165, 1.54) is 18.9 Å². The summed E-state index contributed by atoms with van der Waals surface area (Å²) < 4.78 is 24.1. The van der Waals surface area contributed by atoms with Crippen LogP contribution in [0.1, 0.15) is 24.3 Å². The van der Waals surface area contributed by atoms with Crippen molar-refractivity contribution < 1.29 is 28.5 Å². The fourth-order valence-electron chi connectivity index (χ4n) is 3.65. The van der Waals surface area contributed by atoms with Gasteiger partial charge in [0.2, 0.25) is 6.10 Å². The molecule has 0 radical (unpaired) electrons. The van der Waals surface area contributed by atoms with E-state index in [1.807, 2.05) is 42.7 Å². The first-order chi connectivity index (χ1) is 16.8. The van der Waals surface area contributed by atoms with Gasteiger partial charge in [0, 0.05) is 12.8 Å². The van der Waals surface area contributed by atoms with Gasteiger partial charge in [-0.3, -0.25) is 9.36 Å². The number of amides is 1. The number of aromatic nitrogens is 2. The summed E-state index contributed by atoms with van der Waals surface area (Å²) in [5.74, 6) is -0.0252. The third-order valence-corrected chi connectivity index (χ3v) is 5.78. The molecule has 1 unspecified atom stereocenters. The lowest BCUT2D eigenvalue weighted by Gasteiger charge is -2.26. The van der Waals surface area contributed by atoms with Crippen LogP contribution in [-0.4, -0.2) is 59.7 Å². The van der Waals surface area contributed by atoms with Crippen molar-refractivity contribution in [2.45, 2.75) is 30.7 Å². The third kappa shape index (κ3) is 5.44. The number of fused-ring (bicyclic) bond motifs is 1. The topological polar surface area (TPSA) is 101 Å². The van der Waals surface area contributed by atoms with Gasteiger partial charge in [-0.05, 0) is 44.4 Å². The van der Waals surface area contributed by atoms with Gasteiger partial charge in [0.25, 0.3) is 5.91 Å². The monoisotopic (exact) mass is 497 g/mol. The Morgan fingerprint density at radius 2 is 1.83 bits per heavy atom. The predicted molar refractivity (Wildman–Crippen MR) is 132 cm³/mol. The number of nitrogens with zero attached hydrogens (tertiary/aromatic N) is 2. The fourth-order valence-corrected chi connectivity index (χ4v) is 4.21. The quantitative estimate of drug-likeness (QED) is 0.369. The van der Waals surface area contributed by atoms with Crippen LogP contribution in [0.25, 0.3) is 5.69 Å². The Balaban J connectivity index is 1.69. The summed E-state index contributed by atoms with van der Waals surface area (Å²) in [4.78, 5) is 31.1. The molecule has 2 aromatic carbocycles. The number of anilines is 1. The minimum Gasteiger partial charge on any atom is -0.485 e. The molecule has 1 amide bonds. The van der Waals surface area contributed by atoms with Gasteiger partial charge >= 0.3 is 5.97 Å². The molecule has 3 aromatic rings. The van der Waals surface area contributed by atoms with Crippen LogP contribution in [0.4, 0.5) is 5.82 Å². The molecule has 0 spiro atoms. The van der Waals surface area contributed by atoms with E-state index in [-0.39, 0.29) is 24.7 Å². The molecule has 0 bridgehead atoms. The highest BCUT2D eigenvalue weighted by atomic mass is 32.2. The minimum atomic E-state index is -0.918. The first-order valence-corrected chi connectivity index (χ1v) is 12.2. The van der Waals surface area contributed by atoms with E-state index >= 15 is 0 Å². The van der Waals surface area contributed by atoms with Crippen molar-refractivity contribution in [1.82, 2.24) is 9.55 Å². The molecular weight excluding hydrogens is 470 g/mol. The average molecular weight is 498 g/mol. The number of esters is 1. The molecule has 9 nitrogen and oxygen atoms in total. The zero-order valence-electron chi connectivity index (χ0n) is 19.9. The number of nitrogens with one attached hydrogen (secondary N) is 1. The molecule has 0 saturated carbocycles. The first kappa shape index (κ1) is 24.6. The average Bonchev–Trinajstić information content (AvgIpc) is 3.22. The lowest BCUT2D eigenvalue weighted by atomic mass is 10.1. The Kier molecular flexibility index (Phi) is 7.32. The summed E-state index contributed by atoms with van der Waals surface area (Å²) in [7, 11) is 1.53. The van der Waals surface area contributed by atoms with E-state index in [4.69, 9.17) is 18.9 Å². The smallest absolute Gasteiger partial charge is 0.359 e. The highest BCUT2D eigenvalue weighted by molar-refractivity contribution is 7.98. The van der Waals surface area contributed by atoms with E-state index in [1.54, 1.807) is 36.6 Å². The summed E-state index contributed by atoms with van der Waals surface area (Å²) in [5.41, 5.74) is -0.106. The van der Waals surface area contributed by atoms with Crippen molar-refractivity contribution in [2.75, 3.05) is 31.9 Å². The third-order valence-electron chi connectivity index (χ3n) is 5.14. The van der Waals surface area contributed by atoms with Crippen LogP contribution in [0.5, 0.6) is 11.5 Å². The maximum absolute atomic E-state index is 13.4. The van der Waals surface area contributed by atoms with E-state index < -0.39 is 23.6 Å². The number of ether oxygens (including phenoxy) is 4. The van der Waals surface area contributed by atoms with Crippen LogP contribution >= 0.6 is 11.8 Å². The largest absolute Gasteiger partial charge is 0.485 e. The van der Waals surface area contributed by atoms with Crippen LogP contribution in [0.15, 0.2) is 59.8 Å². The molecule has 0 aliphatic carbocycles. The normalized spacial score (nSPS) is 14.9. The lowest BCUT2D eigenvalue weighted by molar-refractivity contribution is -0.125. The summed E-state index contributed by atoms with van der Waals surface area (Å²) in [6.07, 6.45) is 0.921. The second-order valence-electron chi connectivity index (χ2n) is 8.40. The molecule has 184 valence electrons. The van der Waals surface area contributed by atoms with E-state index in [0.717, 1.165) is 0 Å². The molecule has 0 fully saturated rings. The Labute approximate surface area is 207 Å². The number of carbonyl (C=O) groups is 2. The first-order valence-electron chi connectivity index (χ1n) is 11.0. The van der Waals surface area contributed by atoms with E-state index in [0.29, 0.717) is 22.3 Å². The highest BCUT2D eigenvalue weighted by Gasteiger charge is 2.34. The van der Waals surface area contributed by atoms with Gasteiger partial charge < -0.3 is 24.3 Å². The molecule has 35 heavy (non-hydrogen) atoms. The number of hydrogen-bond acceptors (Lipinski definition) is 8. The molecule has 1 N–H and O–H groups in total. The maximum Gasteiger partial charge on any atom is 0.359 e. The minimum absolute atomic E-state index is 0.0261. The van der Waals surface area contributed by atoms with E-state index in [9.17, 15) is 9.59 Å². The molecule has 0 saturated heterocycles. The number of hydrogen-bond donors (Lipinski definition) is 1. The number of benzene rings is 2. The molecule has 10 heteroatoms. The molecule has 1 aromatic heterocycles. The van der Waals surface area contributed by atoms with Crippen molar-refractivity contribution in [3.63, 3.8) is 0 Å². The van der Waals surface area contributed by atoms with Crippen molar-refractivity contribution >= 4 is 29.5 Å². The van der Waals surface area contributed by atoms with Crippen molar-refractivity contribution in [2.24, 2.45) is 0 Å². The molecular formula is C25H27N3O6S.